The molecule has 0 aromatic heterocycles. The number of anilines is 1. The molecular formula is C12H16N2O3S. The summed E-state index contributed by atoms with van der Waals surface area (Å²) in [6.45, 7) is 0.393. The van der Waals surface area contributed by atoms with Crippen LogP contribution < -0.4 is 10.0 Å². The minimum absolute atomic E-state index is 0.0500. The summed E-state index contributed by atoms with van der Waals surface area (Å²) >= 11 is 0. The SMILES string of the molecule is CS(=O)(=O)NCCc1ccc2c(c1)CCC(=O)N2. The van der Waals surface area contributed by atoms with Crippen LogP contribution in [0.4, 0.5) is 5.69 Å². The van der Waals surface area contributed by atoms with Gasteiger partial charge < -0.3 is 5.32 Å². The minimum atomic E-state index is -3.13. The predicted molar refractivity (Wildman–Crippen MR) is 69.9 cm³/mol. The van der Waals surface area contributed by atoms with Crippen LogP contribution in [0.15, 0.2) is 18.2 Å². The summed E-state index contributed by atoms with van der Waals surface area (Å²) in [5, 5.41) is 2.82. The number of sulfonamides is 1. The van der Waals surface area contributed by atoms with Crippen LogP contribution in [0.3, 0.4) is 0 Å². The number of hydrogen-bond acceptors (Lipinski definition) is 3. The molecule has 0 saturated carbocycles. The van der Waals surface area contributed by atoms with Gasteiger partial charge in [0.05, 0.1) is 6.26 Å². The Morgan fingerprint density at radius 1 is 1.33 bits per heavy atom. The van der Waals surface area contributed by atoms with E-state index < -0.39 is 10.0 Å². The Morgan fingerprint density at radius 3 is 2.83 bits per heavy atom. The number of aryl methyl sites for hydroxylation is 1. The van der Waals surface area contributed by atoms with E-state index in [2.05, 4.69) is 10.0 Å². The maximum absolute atomic E-state index is 11.2. The first-order chi connectivity index (χ1) is 8.44. The van der Waals surface area contributed by atoms with Gasteiger partial charge in [0.1, 0.15) is 0 Å². The Labute approximate surface area is 107 Å². The van der Waals surface area contributed by atoms with E-state index >= 15 is 0 Å². The molecule has 2 N–H and O–H groups in total. The maximum Gasteiger partial charge on any atom is 0.224 e. The Hall–Kier alpha value is -1.40. The molecule has 0 unspecified atom stereocenters. The predicted octanol–water partition coefficient (Wildman–Crippen LogP) is 0.663. The molecule has 1 aliphatic rings. The van der Waals surface area contributed by atoms with Crippen LogP contribution in [0.1, 0.15) is 17.5 Å². The molecule has 0 aliphatic carbocycles. The van der Waals surface area contributed by atoms with Gasteiger partial charge in [-0.25, -0.2) is 13.1 Å². The Bertz CT molecular complexity index is 567. The smallest absolute Gasteiger partial charge is 0.224 e. The van der Waals surface area contributed by atoms with E-state index in [0.717, 1.165) is 29.5 Å². The van der Waals surface area contributed by atoms with Crippen molar-refractivity contribution < 1.29 is 13.2 Å². The van der Waals surface area contributed by atoms with Crippen LogP contribution in [0.2, 0.25) is 0 Å². The highest BCUT2D eigenvalue weighted by atomic mass is 32.2. The van der Waals surface area contributed by atoms with Gasteiger partial charge in [-0.15, -0.1) is 0 Å². The van der Waals surface area contributed by atoms with E-state index in [0.29, 0.717) is 19.4 Å². The summed E-state index contributed by atoms with van der Waals surface area (Å²) in [6.07, 6.45) is 3.05. The van der Waals surface area contributed by atoms with Crippen molar-refractivity contribution in [3.63, 3.8) is 0 Å². The highest BCUT2D eigenvalue weighted by Crippen LogP contribution is 2.23. The van der Waals surface area contributed by atoms with Gasteiger partial charge in [0.15, 0.2) is 0 Å². The minimum Gasteiger partial charge on any atom is -0.326 e. The van der Waals surface area contributed by atoms with Crippen LogP contribution in [-0.4, -0.2) is 27.1 Å². The molecule has 0 atom stereocenters. The number of hydrogen-bond donors (Lipinski definition) is 2. The molecule has 1 aliphatic heterocycles. The number of rotatable bonds is 4. The molecule has 98 valence electrons. The molecule has 1 aromatic rings. The quantitative estimate of drug-likeness (QED) is 0.842. The lowest BCUT2D eigenvalue weighted by Crippen LogP contribution is -2.24. The van der Waals surface area contributed by atoms with E-state index in [-0.39, 0.29) is 5.91 Å². The van der Waals surface area contributed by atoms with Crippen molar-refractivity contribution in [1.29, 1.82) is 0 Å². The molecule has 0 saturated heterocycles. The number of benzene rings is 1. The molecule has 0 fully saturated rings. The lowest BCUT2D eigenvalue weighted by molar-refractivity contribution is -0.116. The summed E-state index contributed by atoms with van der Waals surface area (Å²) in [4.78, 5) is 11.2. The molecule has 0 radical (unpaired) electrons. The highest BCUT2D eigenvalue weighted by molar-refractivity contribution is 7.88. The van der Waals surface area contributed by atoms with Crippen molar-refractivity contribution in [1.82, 2.24) is 4.72 Å². The van der Waals surface area contributed by atoms with Crippen LogP contribution in [0, 0.1) is 0 Å². The highest BCUT2D eigenvalue weighted by Gasteiger charge is 2.14. The Balaban J connectivity index is 2.01. The van der Waals surface area contributed by atoms with Gasteiger partial charge in [0, 0.05) is 18.7 Å². The summed E-state index contributed by atoms with van der Waals surface area (Å²) in [5.41, 5.74) is 3.05. The van der Waals surface area contributed by atoms with Gasteiger partial charge in [-0.2, -0.15) is 0 Å². The fourth-order valence-corrected chi connectivity index (χ4v) is 2.45. The lowest BCUT2D eigenvalue weighted by atomic mass is 9.99. The third-order valence-electron chi connectivity index (χ3n) is 2.84. The van der Waals surface area contributed by atoms with Gasteiger partial charge in [-0.1, -0.05) is 12.1 Å². The molecule has 2 rings (SSSR count). The number of fused-ring (bicyclic) bond motifs is 1. The molecule has 0 bridgehead atoms. The molecule has 0 spiro atoms. The van der Waals surface area contributed by atoms with Crippen molar-refractivity contribution in [2.24, 2.45) is 0 Å². The van der Waals surface area contributed by atoms with E-state index in [1.54, 1.807) is 0 Å². The van der Waals surface area contributed by atoms with Crippen LogP contribution in [0.5, 0.6) is 0 Å². The molecule has 18 heavy (non-hydrogen) atoms. The van der Waals surface area contributed by atoms with Gasteiger partial charge in [-0.3, -0.25) is 4.79 Å². The normalized spacial score (nSPS) is 15.1. The molecule has 5 nitrogen and oxygen atoms in total. The van der Waals surface area contributed by atoms with Gasteiger partial charge in [0.25, 0.3) is 0 Å². The average Bonchev–Trinajstić information content (AvgIpc) is 2.27. The summed E-state index contributed by atoms with van der Waals surface area (Å²) in [7, 11) is -3.13. The summed E-state index contributed by atoms with van der Waals surface area (Å²) in [6, 6.07) is 5.81. The van der Waals surface area contributed by atoms with Crippen LogP contribution in [0.25, 0.3) is 0 Å². The molecule has 6 heteroatoms. The molecule has 1 heterocycles. The second-order valence-electron chi connectivity index (χ2n) is 4.46. The van der Waals surface area contributed by atoms with Crippen molar-refractivity contribution >= 4 is 21.6 Å². The number of carbonyl (C=O) groups excluding carboxylic acids is 1. The Morgan fingerprint density at radius 2 is 2.11 bits per heavy atom. The molecule has 1 amide bonds. The zero-order valence-electron chi connectivity index (χ0n) is 10.2. The Kier molecular flexibility index (Phi) is 3.68. The molecule has 1 aromatic carbocycles. The molecular weight excluding hydrogens is 252 g/mol. The van der Waals surface area contributed by atoms with Crippen molar-refractivity contribution in [3.05, 3.63) is 29.3 Å². The average molecular weight is 268 g/mol. The maximum atomic E-state index is 11.2. The van der Waals surface area contributed by atoms with E-state index in [9.17, 15) is 13.2 Å². The van der Waals surface area contributed by atoms with Gasteiger partial charge in [0.2, 0.25) is 15.9 Å². The summed E-state index contributed by atoms with van der Waals surface area (Å²) < 4.78 is 24.3. The second-order valence-corrected chi connectivity index (χ2v) is 6.29. The fourth-order valence-electron chi connectivity index (χ4n) is 1.97. The van der Waals surface area contributed by atoms with Crippen LogP contribution >= 0.6 is 0 Å². The topological polar surface area (TPSA) is 75.3 Å². The van der Waals surface area contributed by atoms with Crippen LogP contribution in [-0.2, 0) is 27.7 Å². The van der Waals surface area contributed by atoms with Gasteiger partial charge in [-0.05, 0) is 30.0 Å². The fraction of sp³-hybridized carbons (Fsp3) is 0.417. The summed E-state index contributed by atoms with van der Waals surface area (Å²) in [5.74, 6) is 0.0500. The monoisotopic (exact) mass is 268 g/mol. The van der Waals surface area contributed by atoms with Crippen molar-refractivity contribution in [3.8, 4) is 0 Å². The largest absolute Gasteiger partial charge is 0.326 e. The van der Waals surface area contributed by atoms with E-state index in [1.807, 2.05) is 18.2 Å². The first kappa shape index (κ1) is 13.0. The van der Waals surface area contributed by atoms with Crippen molar-refractivity contribution in [2.45, 2.75) is 19.3 Å². The second kappa shape index (κ2) is 5.07. The first-order valence-electron chi connectivity index (χ1n) is 5.80. The third-order valence-corrected chi connectivity index (χ3v) is 3.57. The zero-order valence-corrected chi connectivity index (χ0v) is 11.0. The standard InChI is InChI=1S/C12H16N2O3S/c1-18(16,17)13-7-6-9-2-4-11-10(8-9)3-5-12(15)14-11/h2,4,8,13H,3,5-7H2,1H3,(H,14,15). The van der Waals surface area contributed by atoms with E-state index in [4.69, 9.17) is 0 Å². The number of amides is 1. The van der Waals surface area contributed by atoms with Crippen molar-refractivity contribution in [2.75, 3.05) is 18.1 Å². The number of nitrogens with one attached hydrogen (secondary N) is 2. The third kappa shape index (κ3) is 3.54. The van der Waals surface area contributed by atoms with E-state index in [1.165, 1.54) is 0 Å². The zero-order chi connectivity index (χ0) is 13.2. The first-order valence-corrected chi connectivity index (χ1v) is 7.69. The lowest BCUT2D eigenvalue weighted by Gasteiger charge is -2.17. The number of carbonyl (C=O) groups is 1. The van der Waals surface area contributed by atoms with Gasteiger partial charge >= 0.3 is 0 Å².